The van der Waals surface area contributed by atoms with Crippen LogP contribution in [0.15, 0.2) is 23.3 Å². The van der Waals surface area contributed by atoms with Crippen LogP contribution >= 0.6 is 0 Å². The van der Waals surface area contributed by atoms with Crippen LogP contribution in [0.1, 0.15) is 113 Å². The van der Waals surface area contributed by atoms with E-state index in [1.807, 2.05) is 0 Å². The number of aliphatic hydroxyl groups excluding tert-OH is 1. The van der Waals surface area contributed by atoms with Crippen molar-refractivity contribution in [3.05, 3.63) is 23.3 Å². The van der Waals surface area contributed by atoms with E-state index in [4.69, 9.17) is 9.47 Å². The highest BCUT2D eigenvalue weighted by molar-refractivity contribution is 5.73. The summed E-state index contributed by atoms with van der Waals surface area (Å²) in [7, 11) is 1.48. The molecule has 0 radical (unpaired) electrons. The van der Waals surface area contributed by atoms with E-state index in [1.54, 1.807) is 11.1 Å². The van der Waals surface area contributed by atoms with Gasteiger partial charge in [-0.2, -0.15) is 0 Å². The number of esters is 2. The molecule has 0 heterocycles. The molecule has 1 N–H and O–H groups in total. The lowest BCUT2D eigenvalue weighted by atomic mass is 9.43. The first-order chi connectivity index (χ1) is 18.0. The van der Waals surface area contributed by atoms with Gasteiger partial charge in [0, 0.05) is 18.3 Å². The Kier molecular flexibility index (Phi) is 8.04. The zero-order valence-corrected chi connectivity index (χ0v) is 26.1. The third kappa shape index (κ3) is 4.63. The first-order valence-electron chi connectivity index (χ1n) is 15.4. The number of fused-ring (bicyclic) bond motifs is 4. The second kappa shape index (κ2) is 10.3. The second-order valence-corrected chi connectivity index (χ2v) is 15.0. The Bertz CT molecular complexity index is 1040. The molecule has 4 aliphatic carbocycles. The van der Waals surface area contributed by atoms with Crippen LogP contribution in [-0.2, 0) is 19.1 Å². The Hall–Kier alpha value is -1.62. The molecule has 220 valence electrons. The minimum Gasteiger partial charge on any atom is -0.469 e. The average molecular weight is 543 g/mol. The molecule has 0 unspecified atom stereocenters. The standard InChI is InChI=1S/C34H54O5/c1-20(2)21(3)11-12-23(30(37)38-10)29-26(36)19-34(9)25-13-14-27-31(5,6)28(39-22(4)35)16-17-32(27,7)24(25)15-18-33(29,34)8/h20,23,26-29,36H,3,11-19H2,1-2,4-10H3/t23-,26+,27-,28-,29-,32-,33+,34+/m1/s1. The molecule has 0 aliphatic heterocycles. The molecule has 4 aliphatic rings. The normalized spacial score (nSPS) is 39.9. The van der Waals surface area contributed by atoms with Gasteiger partial charge in [-0.3, -0.25) is 9.59 Å². The molecule has 0 aromatic rings. The van der Waals surface area contributed by atoms with E-state index in [9.17, 15) is 14.7 Å². The predicted octanol–water partition coefficient (Wildman–Crippen LogP) is 7.42. The van der Waals surface area contributed by atoms with Crippen LogP contribution in [0, 0.1) is 45.3 Å². The Morgan fingerprint density at radius 2 is 1.72 bits per heavy atom. The summed E-state index contributed by atoms with van der Waals surface area (Å²) in [5, 5.41) is 11.7. The molecule has 0 amide bonds. The van der Waals surface area contributed by atoms with Crippen molar-refractivity contribution >= 4 is 11.9 Å². The van der Waals surface area contributed by atoms with Crippen molar-refractivity contribution in [3.63, 3.8) is 0 Å². The monoisotopic (exact) mass is 542 g/mol. The molecule has 5 heteroatoms. The number of carbonyl (C=O) groups is 2. The van der Waals surface area contributed by atoms with Crippen LogP contribution in [0.2, 0.25) is 0 Å². The van der Waals surface area contributed by atoms with Gasteiger partial charge in [0.05, 0.1) is 19.1 Å². The van der Waals surface area contributed by atoms with Gasteiger partial charge in [-0.25, -0.2) is 0 Å². The molecule has 39 heavy (non-hydrogen) atoms. The van der Waals surface area contributed by atoms with Crippen LogP contribution in [0.4, 0.5) is 0 Å². The van der Waals surface area contributed by atoms with Gasteiger partial charge in [0.15, 0.2) is 0 Å². The highest BCUT2D eigenvalue weighted by atomic mass is 16.5. The van der Waals surface area contributed by atoms with Gasteiger partial charge in [-0.05, 0) is 85.9 Å². The summed E-state index contributed by atoms with van der Waals surface area (Å²) in [5.41, 5.74) is 3.94. The van der Waals surface area contributed by atoms with Gasteiger partial charge in [-0.1, -0.05) is 71.8 Å². The van der Waals surface area contributed by atoms with Crippen molar-refractivity contribution in [1.29, 1.82) is 0 Å². The summed E-state index contributed by atoms with van der Waals surface area (Å²) >= 11 is 0. The zero-order valence-electron chi connectivity index (χ0n) is 26.1. The van der Waals surface area contributed by atoms with Crippen molar-refractivity contribution in [1.82, 2.24) is 0 Å². The zero-order chi connectivity index (χ0) is 29.1. The summed E-state index contributed by atoms with van der Waals surface area (Å²) in [5.74, 6) is -0.0263. The van der Waals surface area contributed by atoms with Crippen LogP contribution in [-0.4, -0.2) is 36.4 Å². The van der Waals surface area contributed by atoms with E-state index >= 15 is 0 Å². The van der Waals surface area contributed by atoms with E-state index in [2.05, 4.69) is 55.0 Å². The second-order valence-electron chi connectivity index (χ2n) is 15.0. The number of methoxy groups -OCH3 is 1. The third-order valence-corrected chi connectivity index (χ3v) is 12.6. The largest absolute Gasteiger partial charge is 0.469 e. The molecule has 0 saturated heterocycles. The molecule has 8 atom stereocenters. The minimum atomic E-state index is -0.537. The molecular weight excluding hydrogens is 488 g/mol. The quantitative estimate of drug-likeness (QED) is 0.268. The lowest BCUT2D eigenvalue weighted by Crippen LogP contribution is -2.56. The van der Waals surface area contributed by atoms with Crippen LogP contribution in [0.5, 0.6) is 0 Å². The molecule has 5 nitrogen and oxygen atoms in total. The molecular formula is C34H54O5. The Balaban J connectivity index is 1.70. The Morgan fingerprint density at radius 3 is 2.31 bits per heavy atom. The lowest BCUT2D eigenvalue weighted by molar-refractivity contribution is -0.167. The van der Waals surface area contributed by atoms with Gasteiger partial charge in [-0.15, -0.1) is 0 Å². The van der Waals surface area contributed by atoms with Crippen molar-refractivity contribution in [2.45, 2.75) is 125 Å². The van der Waals surface area contributed by atoms with Gasteiger partial charge < -0.3 is 14.6 Å². The molecule has 0 aromatic carbocycles. The van der Waals surface area contributed by atoms with Crippen molar-refractivity contribution < 1.29 is 24.2 Å². The number of rotatable bonds is 7. The molecule has 0 bridgehead atoms. The summed E-state index contributed by atoms with van der Waals surface area (Å²) < 4.78 is 11.2. The summed E-state index contributed by atoms with van der Waals surface area (Å²) in [6, 6.07) is 0. The average Bonchev–Trinajstić information content (AvgIpc) is 3.06. The minimum absolute atomic E-state index is 0.0428. The topological polar surface area (TPSA) is 72.8 Å². The van der Waals surface area contributed by atoms with E-state index in [0.29, 0.717) is 24.7 Å². The number of hydrogen-bond acceptors (Lipinski definition) is 5. The number of allylic oxidation sites excluding steroid dienone is 3. The van der Waals surface area contributed by atoms with E-state index < -0.39 is 6.10 Å². The predicted molar refractivity (Wildman–Crippen MR) is 155 cm³/mol. The maximum absolute atomic E-state index is 13.2. The van der Waals surface area contributed by atoms with Gasteiger partial charge in [0.2, 0.25) is 0 Å². The fourth-order valence-corrected chi connectivity index (χ4v) is 10.1. The highest BCUT2D eigenvalue weighted by Crippen LogP contribution is 2.72. The van der Waals surface area contributed by atoms with Gasteiger partial charge in [0.1, 0.15) is 6.10 Å². The van der Waals surface area contributed by atoms with Crippen molar-refractivity contribution in [2.24, 2.45) is 45.3 Å². The van der Waals surface area contributed by atoms with Crippen LogP contribution in [0.25, 0.3) is 0 Å². The fourth-order valence-electron chi connectivity index (χ4n) is 10.1. The van der Waals surface area contributed by atoms with Crippen molar-refractivity contribution in [3.8, 4) is 0 Å². The Labute approximate surface area is 237 Å². The van der Waals surface area contributed by atoms with Gasteiger partial charge in [0.25, 0.3) is 0 Å². The first-order valence-corrected chi connectivity index (χ1v) is 15.4. The smallest absolute Gasteiger partial charge is 0.309 e. The summed E-state index contributed by atoms with van der Waals surface area (Å²) in [6.45, 7) is 21.8. The highest BCUT2D eigenvalue weighted by Gasteiger charge is 2.67. The first kappa shape index (κ1) is 30.3. The Morgan fingerprint density at radius 1 is 1.05 bits per heavy atom. The summed E-state index contributed by atoms with van der Waals surface area (Å²) in [4.78, 5) is 25.1. The number of hydrogen-bond donors (Lipinski definition) is 1. The molecule has 2 fully saturated rings. The maximum Gasteiger partial charge on any atom is 0.309 e. The number of aliphatic hydroxyl groups is 1. The molecule has 2 saturated carbocycles. The SMILES string of the molecule is C=C(CC[C@@H](C(=O)OC)[C@@H]1[C@@H](O)C[C@@]2(C)C3=C(CC[C@@]12C)[C@@]1(C)CC[C@@H](OC(C)=O)C(C)(C)[C@H]1CC3)C(C)C. The molecule has 0 spiro atoms. The van der Waals surface area contributed by atoms with Crippen LogP contribution < -0.4 is 0 Å². The van der Waals surface area contributed by atoms with E-state index in [0.717, 1.165) is 50.5 Å². The van der Waals surface area contributed by atoms with E-state index in [-0.39, 0.29) is 51.5 Å². The fraction of sp³-hybridized carbons (Fsp3) is 0.824. The summed E-state index contributed by atoms with van der Waals surface area (Å²) in [6.07, 6.45) is 7.56. The van der Waals surface area contributed by atoms with Crippen LogP contribution in [0.3, 0.4) is 0 Å². The number of ether oxygens (including phenoxy) is 2. The maximum atomic E-state index is 13.2. The molecule has 0 aromatic heterocycles. The van der Waals surface area contributed by atoms with Crippen molar-refractivity contribution in [2.75, 3.05) is 7.11 Å². The van der Waals surface area contributed by atoms with Gasteiger partial charge >= 0.3 is 11.9 Å². The molecule has 4 rings (SSSR count). The third-order valence-electron chi connectivity index (χ3n) is 12.6. The van der Waals surface area contributed by atoms with E-state index in [1.165, 1.54) is 14.0 Å². The lowest BCUT2D eigenvalue weighted by Gasteiger charge is -2.62. The number of carbonyl (C=O) groups excluding carboxylic acids is 2.